The van der Waals surface area contributed by atoms with Crippen LogP contribution >= 0.6 is 11.6 Å². The minimum Gasteiger partial charge on any atom is -0.366 e. The summed E-state index contributed by atoms with van der Waals surface area (Å²) in [6.07, 6.45) is 0. The van der Waals surface area contributed by atoms with E-state index < -0.39 is 5.56 Å². The van der Waals surface area contributed by atoms with E-state index in [2.05, 4.69) is 9.88 Å². The van der Waals surface area contributed by atoms with Gasteiger partial charge >= 0.3 is 0 Å². The number of fused-ring (bicyclic) bond motifs is 1. The van der Waals surface area contributed by atoms with Crippen molar-refractivity contribution >= 4 is 28.3 Å². The normalized spacial score (nSPS) is 16.7. The van der Waals surface area contributed by atoms with Gasteiger partial charge < -0.3 is 9.47 Å². The second kappa shape index (κ2) is 8.58. The highest BCUT2D eigenvalue weighted by molar-refractivity contribution is 6.31. The Kier molecular flexibility index (Phi) is 5.84. The molecule has 0 N–H and O–H groups in total. The van der Waals surface area contributed by atoms with Crippen LogP contribution in [0.1, 0.15) is 23.7 Å². The van der Waals surface area contributed by atoms with Crippen LogP contribution in [-0.4, -0.2) is 40.1 Å². The minimum atomic E-state index is -0.394. The molecule has 2 aromatic heterocycles. The van der Waals surface area contributed by atoms with Gasteiger partial charge in [-0.25, -0.2) is 9.37 Å². The number of piperazine rings is 1. The fourth-order valence-corrected chi connectivity index (χ4v) is 4.39. The Bertz CT molecular complexity index is 1360. The lowest BCUT2D eigenvalue weighted by atomic mass is 10.1. The van der Waals surface area contributed by atoms with Gasteiger partial charge in [-0.15, -0.1) is 0 Å². The van der Waals surface area contributed by atoms with Crippen LogP contribution in [0.3, 0.4) is 0 Å². The smallest absolute Gasteiger partial charge is 0.270 e. The number of pyridine rings is 2. The minimum absolute atomic E-state index is 0.0184. The fourth-order valence-electron chi connectivity index (χ4n) is 4.17. The molecule has 1 aromatic carbocycles. The molecule has 162 valence electrons. The van der Waals surface area contributed by atoms with E-state index in [1.165, 1.54) is 16.7 Å². The Morgan fingerprint density at radius 1 is 1.22 bits per heavy atom. The van der Waals surface area contributed by atoms with Crippen LogP contribution in [0.2, 0.25) is 5.02 Å². The molecule has 9 heteroatoms. The van der Waals surface area contributed by atoms with Crippen molar-refractivity contribution in [3.63, 3.8) is 0 Å². The number of nitriles is 2. The Morgan fingerprint density at radius 2 is 2.00 bits per heavy atom. The van der Waals surface area contributed by atoms with Crippen molar-refractivity contribution in [1.82, 2.24) is 14.5 Å². The fraction of sp³-hybridized carbons (Fsp3) is 0.304. The van der Waals surface area contributed by atoms with Crippen molar-refractivity contribution in [3.05, 3.63) is 68.3 Å². The Labute approximate surface area is 189 Å². The summed E-state index contributed by atoms with van der Waals surface area (Å²) >= 11 is 6.20. The van der Waals surface area contributed by atoms with E-state index in [-0.39, 0.29) is 23.1 Å². The van der Waals surface area contributed by atoms with Gasteiger partial charge in [0, 0.05) is 44.3 Å². The number of nitrogens with zero attached hydrogens (tertiary/aromatic N) is 6. The molecule has 0 saturated carbocycles. The molecule has 32 heavy (non-hydrogen) atoms. The van der Waals surface area contributed by atoms with Crippen LogP contribution in [-0.2, 0) is 13.6 Å². The predicted octanol–water partition coefficient (Wildman–Crippen LogP) is 3.18. The zero-order valence-electron chi connectivity index (χ0n) is 17.6. The number of anilines is 1. The average molecular weight is 451 g/mol. The molecule has 1 atom stereocenters. The van der Waals surface area contributed by atoms with E-state index in [0.29, 0.717) is 47.9 Å². The zero-order chi connectivity index (χ0) is 23.0. The first kappa shape index (κ1) is 21.8. The predicted molar refractivity (Wildman–Crippen MR) is 120 cm³/mol. The van der Waals surface area contributed by atoms with E-state index in [0.717, 1.165) is 5.56 Å². The van der Waals surface area contributed by atoms with Gasteiger partial charge in [0.1, 0.15) is 34.7 Å². The molecule has 0 unspecified atom stereocenters. The zero-order valence-corrected chi connectivity index (χ0v) is 18.4. The lowest BCUT2D eigenvalue weighted by Gasteiger charge is -2.41. The van der Waals surface area contributed by atoms with Crippen LogP contribution in [0, 0.1) is 28.5 Å². The van der Waals surface area contributed by atoms with Gasteiger partial charge in [-0.05, 0) is 36.8 Å². The first-order valence-corrected chi connectivity index (χ1v) is 10.5. The van der Waals surface area contributed by atoms with Crippen molar-refractivity contribution < 1.29 is 4.39 Å². The van der Waals surface area contributed by atoms with E-state index in [4.69, 9.17) is 11.6 Å². The van der Waals surface area contributed by atoms with Gasteiger partial charge in [0.2, 0.25) is 0 Å². The third-order valence-corrected chi connectivity index (χ3v) is 6.26. The molecule has 0 radical (unpaired) electrons. The summed E-state index contributed by atoms with van der Waals surface area (Å²) in [6.45, 7) is 4.36. The molecule has 0 spiro atoms. The quantitative estimate of drug-likeness (QED) is 0.609. The van der Waals surface area contributed by atoms with E-state index in [1.807, 2.05) is 24.0 Å². The van der Waals surface area contributed by atoms with E-state index in [9.17, 15) is 19.7 Å². The van der Waals surface area contributed by atoms with Crippen molar-refractivity contribution in [1.29, 1.82) is 10.5 Å². The summed E-state index contributed by atoms with van der Waals surface area (Å²) in [5.41, 5.74) is 2.18. The van der Waals surface area contributed by atoms with Gasteiger partial charge in [0.25, 0.3) is 5.56 Å². The second-order valence-electron chi connectivity index (χ2n) is 7.88. The van der Waals surface area contributed by atoms with Crippen LogP contribution in [0.5, 0.6) is 0 Å². The number of benzene rings is 1. The number of hydrogen-bond donors (Lipinski definition) is 0. The number of aromatic nitrogens is 2. The lowest BCUT2D eigenvalue weighted by Crippen LogP contribution is -2.52. The SMILES string of the molecule is C[C@@H]1CN(c2c(C#N)c(=O)n(C)c3ccc(C#N)nc23)CCN1Cc1ccc(F)cc1Cl. The molecule has 4 rings (SSSR count). The Balaban J connectivity index is 1.70. The first-order chi connectivity index (χ1) is 15.3. The van der Waals surface area contributed by atoms with Crippen LogP contribution < -0.4 is 10.5 Å². The molecule has 0 amide bonds. The largest absolute Gasteiger partial charge is 0.366 e. The topological polar surface area (TPSA) is 88.9 Å². The number of halogens is 2. The third kappa shape index (κ3) is 3.80. The Hall–Kier alpha value is -3.46. The molecular formula is C23H20ClFN6O. The van der Waals surface area contributed by atoms with Gasteiger partial charge in [-0.3, -0.25) is 9.69 Å². The molecule has 0 bridgehead atoms. The highest BCUT2D eigenvalue weighted by Gasteiger charge is 2.29. The average Bonchev–Trinajstić information content (AvgIpc) is 2.78. The summed E-state index contributed by atoms with van der Waals surface area (Å²) in [5.74, 6) is -0.373. The summed E-state index contributed by atoms with van der Waals surface area (Å²) < 4.78 is 14.8. The molecule has 1 saturated heterocycles. The number of hydrogen-bond acceptors (Lipinski definition) is 6. The highest BCUT2D eigenvalue weighted by atomic mass is 35.5. The maximum atomic E-state index is 13.4. The molecule has 3 aromatic rings. The van der Waals surface area contributed by atoms with E-state index in [1.54, 1.807) is 25.2 Å². The highest BCUT2D eigenvalue weighted by Crippen LogP contribution is 2.30. The molecule has 1 fully saturated rings. The molecular weight excluding hydrogens is 431 g/mol. The van der Waals surface area contributed by atoms with Crippen molar-refractivity contribution in [2.45, 2.75) is 19.5 Å². The monoisotopic (exact) mass is 450 g/mol. The summed E-state index contributed by atoms with van der Waals surface area (Å²) in [6, 6.07) is 11.8. The number of rotatable bonds is 3. The standard InChI is InChI=1S/C23H20ClFN6O/c1-14-12-31(8-7-30(14)13-15-3-4-16(25)9-19(15)24)22-18(11-27)23(32)29(2)20-6-5-17(10-26)28-21(20)22/h3-6,9,14H,7-8,12-13H2,1-2H3/t14-/m1/s1. The van der Waals surface area contributed by atoms with Crippen LogP contribution in [0.15, 0.2) is 35.1 Å². The molecule has 0 aliphatic carbocycles. The Morgan fingerprint density at radius 3 is 2.66 bits per heavy atom. The van der Waals surface area contributed by atoms with Crippen LogP contribution in [0.25, 0.3) is 11.0 Å². The van der Waals surface area contributed by atoms with Crippen molar-refractivity contribution in [2.75, 3.05) is 24.5 Å². The van der Waals surface area contributed by atoms with E-state index >= 15 is 0 Å². The van der Waals surface area contributed by atoms with Crippen molar-refractivity contribution in [2.24, 2.45) is 7.05 Å². The van der Waals surface area contributed by atoms with Gasteiger partial charge in [0.15, 0.2) is 0 Å². The third-order valence-electron chi connectivity index (χ3n) is 5.91. The molecule has 3 heterocycles. The summed E-state index contributed by atoms with van der Waals surface area (Å²) in [4.78, 5) is 21.5. The molecule has 1 aliphatic heterocycles. The maximum Gasteiger partial charge on any atom is 0.270 e. The summed E-state index contributed by atoms with van der Waals surface area (Å²) in [7, 11) is 1.59. The maximum absolute atomic E-state index is 13.4. The van der Waals surface area contributed by atoms with Gasteiger partial charge in [0.05, 0.1) is 11.2 Å². The van der Waals surface area contributed by atoms with Crippen LogP contribution in [0.4, 0.5) is 10.1 Å². The van der Waals surface area contributed by atoms with Gasteiger partial charge in [-0.1, -0.05) is 17.7 Å². The molecule has 1 aliphatic rings. The lowest BCUT2D eigenvalue weighted by molar-refractivity contribution is 0.181. The van der Waals surface area contributed by atoms with Gasteiger partial charge in [-0.2, -0.15) is 10.5 Å². The number of aryl methyl sites for hydroxylation is 1. The van der Waals surface area contributed by atoms with Crippen molar-refractivity contribution in [3.8, 4) is 12.1 Å². The summed E-state index contributed by atoms with van der Waals surface area (Å²) in [5, 5.41) is 19.5. The second-order valence-corrected chi connectivity index (χ2v) is 8.28. The first-order valence-electron chi connectivity index (χ1n) is 10.1. The molecule has 7 nitrogen and oxygen atoms in total.